The molecular formula is C13H21BrN2O2S. The minimum atomic E-state index is -3.36. The lowest BCUT2D eigenvalue weighted by Crippen LogP contribution is -2.35. The molecule has 4 nitrogen and oxygen atoms in total. The molecule has 1 unspecified atom stereocenters. The van der Waals surface area contributed by atoms with Crippen molar-refractivity contribution in [3.63, 3.8) is 0 Å². The number of halogens is 1. The highest BCUT2D eigenvalue weighted by molar-refractivity contribution is 9.10. The van der Waals surface area contributed by atoms with Crippen LogP contribution in [0.2, 0.25) is 0 Å². The van der Waals surface area contributed by atoms with Crippen LogP contribution in [0.5, 0.6) is 0 Å². The second-order valence-electron chi connectivity index (χ2n) is 4.68. The molecule has 0 aliphatic heterocycles. The van der Waals surface area contributed by atoms with Gasteiger partial charge in [0.15, 0.2) is 0 Å². The summed E-state index contributed by atoms with van der Waals surface area (Å²) in [6.45, 7) is 6.96. The van der Waals surface area contributed by atoms with Crippen LogP contribution in [0.3, 0.4) is 0 Å². The monoisotopic (exact) mass is 348 g/mol. The molecule has 0 fully saturated rings. The van der Waals surface area contributed by atoms with Crippen molar-refractivity contribution in [1.29, 1.82) is 0 Å². The van der Waals surface area contributed by atoms with E-state index in [-0.39, 0.29) is 0 Å². The van der Waals surface area contributed by atoms with Gasteiger partial charge in [-0.2, -0.15) is 0 Å². The first kappa shape index (κ1) is 16.5. The van der Waals surface area contributed by atoms with Gasteiger partial charge < -0.3 is 5.32 Å². The lowest BCUT2D eigenvalue weighted by molar-refractivity contribution is 0.576. The van der Waals surface area contributed by atoms with E-state index in [1.54, 1.807) is 13.0 Å². The molecule has 0 aliphatic rings. The van der Waals surface area contributed by atoms with Gasteiger partial charge in [-0.3, -0.25) is 4.72 Å². The van der Waals surface area contributed by atoms with Crippen LogP contribution in [-0.2, 0) is 10.0 Å². The molecule has 108 valence electrons. The van der Waals surface area contributed by atoms with Crippen molar-refractivity contribution < 1.29 is 8.42 Å². The van der Waals surface area contributed by atoms with E-state index in [0.29, 0.717) is 12.2 Å². The summed E-state index contributed by atoms with van der Waals surface area (Å²) in [4.78, 5) is 0. The Morgan fingerprint density at radius 3 is 2.58 bits per heavy atom. The zero-order chi connectivity index (χ0) is 14.5. The number of aryl methyl sites for hydroxylation is 1. The summed E-state index contributed by atoms with van der Waals surface area (Å²) in [5, 5.41) is 2.65. The molecule has 0 bridgehead atoms. The Bertz CT molecular complexity index is 497. The first-order chi connectivity index (χ1) is 8.85. The Morgan fingerprint density at radius 1 is 1.32 bits per heavy atom. The first-order valence-corrected chi connectivity index (χ1v) is 8.68. The largest absolute Gasteiger partial charge is 0.315 e. The summed E-state index contributed by atoms with van der Waals surface area (Å²) >= 11 is 3.36. The molecule has 1 aromatic rings. The third-order valence-electron chi connectivity index (χ3n) is 2.69. The number of hydrogen-bond acceptors (Lipinski definition) is 3. The van der Waals surface area contributed by atoms with Crippen molar-refractivity contribution in [2.45, 2.75) is 32.4 Å². The van der Waals surface area contributed by atoms with E-state index in [0.717, 1.165) is 23.0 Å². The average molecular weight is 349 g/mol. The molecule has 1 atom stereocenters. The predicted octanol–water partition coefficient (Wildman–Crippen LogP) is 2.89. The Morgan fingerprint density at radius 2 is 2.00 bits per heavy atom. The van der Waals surface area contributed by atoms with Crippen LogP contribution in [0.1, 0.15) is 25.8 Å². The van der Waals surface area contributed by atoms with Crippen LogP contribution in [-0.4, -0.2) is 26.8 Å². The molecule has 2 N–H and O–H groups in total. The highest BCUT2D eigenvalue weighted by atomic mass is 79.9. The number of nitrogens with one attached hydrogen (secondary N) is 2. The summed E-state index contributed by atoms with van der Waals surface area (Å²) < 4.78 is 27.8. The lowest BCUT2D eigenvalue weighted by atomic mass is 10.2. The van der Waals surface area contributed by atoms with Gasteiger partial charge in [0.05, 0.1) is 5.25 Å². The maximum Gasteiger partial charge on any atom is 0.236 e. The van der Waals surface area contributed by atoms with Crippen molar-refractivity contribution in [3.05, 3.63) is 28.2 Å². The lowest BCUT2D eigenvalue weighted by Gasteiger charge is -2.16. The van der Waals surface area contributed by atoms with E-state index < -0.39 is 15.3 Å². The molecule has 6 heteroatoms. The third-order valence-corrected chi connectivity index (χ3v) is 4.89. The van der Waals surface area contributed by atoms with Gasteiger partial charge in [-0.05, 0) is 50.6 Å². The molecule has 0 saturated carbocycles. The summed E-state index contributed by atoms with van der Waals surface area (Å²) in [6.07, 6.45) is 0.991. The number of sulfonamides is 1. The molecule has 0 saturated heterocycles. The topological polar surface area (TPSA) is 58.2 Å². The standard InChI is InChI=1S/C13H21BrN2O2S/c1-4-5-15-9-11(3)19(17,18)16-13-7-10(2)6-12(14)8-13/h6-8,11,15-16H,4-5,9H2,1-3H3. The number of anilines is 1. The van der Waals surface area contributed by atoms with Gasteiger partial charge in [-0.25, -0.2) is 8.42 Å². The third kappa shape index (κ3) is 5.50. The number of hydrogen-bond donors (Lipinski definition) is 2. The van der Waals surface area contributed by atoms with Gasteiger partial charge in [0.1, 0.15) is 0 Å². The van der Waals surface area contributed by atoms with Crippen LogP contribution >= 0.6 is 15.9 Å². The van der Waals surface area contributed by atoms with Gasteiger partial charge in [0.25, 0.3) is 0 Å². The molecule has 19 heavy (non-hydrogen) atoms. The molecule has 1 rings (SSSR count). The van der Waals surface area contributed by atoms with E-state index in [2.05, 4.69) is 32.9 Å². The fraction of sp³-hybridized carbons (Fsp3) is 0.538. The summed E-state index contributed by atoms with van der Waals surface area (Å²) in [5.74, 6) is 0. The number of benzene rings is 1. The second kappa shape index (κ2) is 7.26. The Hall–Kier alpha value is -0.590. The molecular weight excluding hydrogens is 328 g/mol. The Kier molecular flexibility index (Phi) is 6.29. The summed E-state index contributed by atoms with van der Waals surface area (Å²) in [6, 6.07) is 5.51. The molecule has 0 radical (unpaired) electrons. The Balaban J connectivity index is 2.72. The zero-order valence-electron chi connectivity index (χ0n) is 11.5. The van der Waals surface area contributed by atoms with Gasteiger partial charge >= 0.3 is 0 Å². The van der Waals surface area contributed by atoms with Gasteiger partial charge in [0, 0.05) is 16.7 Å². The minimum absolute atomic E-state index is 0.455. The zero-order valence-corrected chi connectivity index (χ0v) is 13.9. The molecule has 0 heterocycles. The van der Waals surface area contributed by atoms with E-state index in [1.807, 2.05) is 19.1 Å². The van der Waals surface area contributed by atoms with Crippen molar-refractivity contribution in [2.75, 3.05) is 17.8 Å². The van der Waals surface area contributed by atoms with E-state index >= 15 is 0 Å². The second-order valence-corrected chi connectivity index (χ2v) is 7.69. The highest BCUT2D eigenvalue weighted by Gasteiger charge is 2.20. The fourth-order valence-electron chi connectivity index (χ4n) is 1.65. The van der Waals surface area contributed by atoms with Crippen molar-refractivity contribution in [1.82, 2.24) is 5.32 Å². The molecule has 0 aromatic heterocycles. The van der Waals surface area contributed by atoms with Gasteiger partial charge in [-0.1, -0.05) is 22.9 Å². The van der Waals surface area contributed by atoms with Gasteiger partial charge in [0.2, 0.25) is 10.0 Å². The fourth-order valence-corrected chi connectivity index (χ4v) is 3.24. The van der Waals surface area contributed by atoms with E-state index in [1.165, 1.54) is 0 Å². The SMILES string of the molecule is CCCNCC(C)S(=O)(=O)Nc1cc(C)cc(Br)c1. The van der Waals surface area contributed by atoms with Gasteiger partial charge in [-0.15, -0.1) is 0 Å². The normalized spacial score (nSPS) is 13.3. The summed E-state index contributed by atoms with van der Waals surface area (Å²) in [5.41, 5.74) is 1.60. The smallest absolute Gasteiger partial charge is 0.236 e. The van der Waals surface area contributed by atoms with Crippen LogP contribution in [0.4, 0.5) is 5.69 Å². The van der Waals surface area contributed by atoms with E-state index in [9.17, 15) is 8.42 Å². The van der Waals surface area contributed by atoms with Crippen LogP contribution in [0.25, 0.3) is 0 Å². The van der Waals surface area contributed by atoms with E-state index in [4.69, 9.17) is 0 Å². The van der Waals surface area contributed by atoms with Crippen molar-refractivity contribution in [3.8, 4) is 0 Å². The first-order valence-electron chi connectivity index (χ1n) is 6.34. The average Bonchev–Trinajstić information content (AvgIpc) is 2.26. The number of rotatable bonds is 7. The van der Waals surface area contributed by atoms with Crippen LogP contribution in [0.15, 0.2) is 22.7 Å². The van der Waals surface area contributed by atoms with Crippen LogP contribution in [0, 0.1) is 6.92 Å². The Labute approximate surface area is 124 Å². The van der Waals surface area contributed by atoms with Crippen molar-refractivity contribution >= 4 is 31.6 Å². The molecule has 1 aromatic carbocycles. The molecule has 0 spiro atoms. The predicted molar refractivity (Wildman–Crippen MR) is 84.0 cm³/mol. The maximum absolute atomic E-state index is 12.2. The summed E-state index contributed by atoms with van der Waals surface area (Å²) in [7, 11) is -3.36. The highest BCUT2D eigenvalue weighted by Crippen LogP contribution is 2.20. The van der Waals surface area contributed by atoms with Crippen molar-refractivity contribution in [2.24, 2.45) is 0 Å². The maximum atomic E-state index is 12.2. The molecule has 0 aliphatic carbocycles. The quantitative estimate of drug-likeness (QED) is 0.745. The van der Waals surface area contributed by atoms with Crippen LogP contribution < -0.4 is 10.0 Å². The molecule has 0 amide bonds. The minimum Gasteiger partial charge on any atom is -0.315 e.